The van der Waals surface area contributed by atoms with Crippen LogP contribution in [-0.2, 0) is 6.54 Å². The van der Waals surface area contributed by atoms with Crippen LogP contribution in [0.25, 0.3) is 0 Å². The Morgan fingerprint density at radius 1 is 1.47 bits per heavy atom. The van der Waals surface area contributed by atoms with E-state index in [4.69, 9.17) is 5.73 Å². The first-order valence-corrected chi connectivity index (χ1v) is 5.67. The van der Waals surface area contributed by atoms with Crippen LogP contribution in [0.1, 0.15) is 12.5 Å². The Morgan fingerprint density at radius 3 is 2.67 bits per heavy atom. The second-order valence-electron chi connectivity index (χ2n) is 3.78. The molecule has 0 spiro atoms. The molecule has 0 aliphatic heterocycles. The fourth-order valence-electron chi connectivity index (χ4n) is 1.33. The second kappa shape index (κ2) is 5.58. The van der Waals surface area contributed by atoms with Crippen molar-refractivity contribution in [1.82, 2.24) is 4.90 Å². The zero-order valence-electron chi connectivity index (χ0n) is 9.00. The summed E-state index contributed by atoms with van der Waals surface area (Å²) in [5, 5.41) is 0. The summed E-state index contributed by atoms with van der Waals surface area (Å²) < 4.78 is 13.9. The van der Waals surface area contributed by atoms with Crippen LogP contribution in [0, 0.1) is 5.82 Å². The van der Waals surface area contributed by atoms with Crippen LogP contribution in [0.5, 0.6) is 0 Å². The van der Waals surface area contributed by atoms with Gasteiger partial charge < -0.3 is 5.73 Å². The molecule has 1 aromatic rings. The third-order valence-corrected chi connectivity index (χ3v) is 2.91. The maximum atomic E-state index is 13.1. The number of hydrogen-bond acceptors (Lipinski definition) is 2. The maximum absolute atomic E-state index is 13.1. The molecule has 0 aromatic heterocycles. The van der Waals surface area contributed by atoms with Crippen LogP contribution in [0.2, 0.25) is 0 Å². The molecule has 1 rings (SSSR count). The molecule has 0 radical (unpaired) electrons. The van der Waals surface area contributed by atoms with Gasteiger partial charge in [0.15, 0.2) is 0 Å². The van der Waals surface area contributed by atoms with Gasteiger partial charge in [-0.25, -0.2) is 4.39 Å². The van der Waals surface area contributed by atoms with Gasteiger partial charge in [-0.15, -0.1) is 0 Å². The van der Waals surface area contributed by atoms with Crippen molar-refractivity contribution in [2.45, 2.75) is 19.5 Å². The van der Waals surface area contributed by atoms with Crippen LogP contribution in [0.3, 0.4) is 0 Å². The summed E-state index contributed by atoms with van der Waals surface area (Å²) in [6.07, 6.45) is 0. The molecule has 0 amide bonds. The number of nitrogens with zero attached hydrogens (tertiary/aromatic N) is 1. The molecule has 4 heteroatoms. The Labute approximate surface area is 98.4 Å². The monoisotopic (exact) mass is 274 g/mol. The molecular formula is C11H16BrFN2. The van der Waals surface area contributed by atoms with Gasteiger partial charge in [-0.05, 0) is 37.7 Å². The smallest absolute Gasteiger partial charge is 0.124 e. The highest BCUT2D eigenvalue weighted by Crippen LogP contribution is 2.16. The topological polar surface area (TPSA) is 29.3 Å². The lowest BCUT2D eigenvalue weighted by atomic mass is 10.2. The molecule has 84 valence electrons. The molecule has 1 unspecified atom stereocenters. The van der Waals surface area contributed by atoms with E-state index in [-0.39, 0.29) is 5.82 Å². The summed E-state index contributed by atoms with van der Waals surface area (Å²) in [6.45, 7) is 3.36. The lowest BCUT2D eigenvalue weighted by Crippen LogP contribution is -2.34. The first kappa shape index (κ1) is 12.6. The zero-order chi connectivity index (χ0) is 11.4. The van der Waals surface area contributed by atoms with Gasteiger partial charge in [0.1, 0.15) is 5.82 Å². The van der Waals surface area contributed by atoms with Crippen LogP contribution in [0.4, 0.5) is 4.39 Å². The Morgan fingerprint density at radius 2 is 2.13 bits per heavy atom. The quantitative estimate of drug-likeness (QED) is 0.914. The molecule has 0 heterocycles. The lowest BCUT2D eigenvalue weighted by Gasteiger charge is -2.23. The third kappa shape index (κ3) is 3.89. The van der Waals surface area contributed by atoms with E-state index in [1.165, 1.54) is 6.07 Å². The van der Waals surface area contributed by atoms with Gasteiger partial charge in [0.25, 0.3) is 0 Å². The third-order valence-electron chi connectivity index (χ3n) is 2.45. The first-order valence-electron chi connectivity index (χ1n) is 4.88. The van der Waals surface area contributed by atoms with Gasteiger partial charge in [0, 0.05) is 23.6 Å². The Hall–Kier alpha value is -0.450. The fourth-order valence-corrected chi connectivity index (χ4v) is 1.84. The van der Waals surface area contributed by atoms with Crippen molar-refractivity contribution in [3.05, 3.63) is 34.1 Å². The zero-order valence-corrected chi connectivity index (χ0v) is 10.6. The van der Waals surface area contributed by atoms with E-state index in [0.29, 0.717) is 19.1 Å². The number of likely N-dealkylation sites (N-methyl/N-ethyl adjacent to an activating group) is 1. The minimum Gasteiger partial charge on any atom is -0.329 e. The van der Waals surface area contributed by atoms with Crippen LogP contribution in [-0.4, -0.2) is 24.5 Å². The first-order chi connectivity index (χ1) is 7.02. The number of halogens is 2. The fraction of sp³-hybridized carbons (Fsp3) is 0.455. The van der Waals surface area contributed by atoms with Gasteiger partial charge in [0.2, 0.25) is 0 Å². The largest absolute Gasteiger partial charge is 0.329 e. The standard InChI is InChI=1S/C11H16BrFN2/c1-8(6-14)15(2)7-9-3-10(12)5-11(13)4-9/h3-5,8H,6-7,14H2,1-2H3. The van der Waals surface area contributed by atoms with Crippen molar-refractivity contribution < 1.29 is 4.39 Å². The Kier molecular flexibility index (Phi) is 4.70. The van der Waals surface area contributed by atoms with E-state index in [1.807, 2.05) is 20.0 Å². The Bertz CT molecular complexity index is 310. The molecule has 0 aliphatic rings. The summed E-state index contributed by atoms with van der Waals surface area (Å²) in [5.41, 5.74) is 6.51. The molecule has 1 aromatic carbocycles. The van der Waals surface area contributed by atoms with E-state index < -0.39 is 0 Å². The predicted molar refractivity (Wildman–Crippen MR) is 64.1 cm³/mol. The molecule has 2 nitrogen and oxygen atoms in total. The van der Waals surface area contributed by atoms with E-state index >= 15 is 0 Å². The molecule has 0 bridgehead atoms. The predicted octanol–water partition coefficient (Wildman–Crippen LogP) is 2.37. The van der Waals surface area contributed by atoms with Gasteiger partial charge in [-0.2, -0.15) is 0 Å². The molecule has 0 saturated carbocycles. The van der Waals surface area contributed by atoms with Crippen molar-refractivity contribution in [3.8, 4) is 0 Å². The molecule has 0 aliphatic carbocycles. The molecule has 0 fully saturated rings. The van der Waals surface area contributed by atoms with E-state index in [1.54, 1.807) is 6.07 Å². The van der Waals surface area contributed by atoms with Gasteiger partial charge >= 0.3 is 0 Å². The molecule has 2 N–H and O–H groups in total. The van der Waals surface area contributed by atoms with Crippen LogP contribution >= 0.6 is 15.9 Å². The van der Waals surface area contributed by atoms with Crippen LogP contribution < -0.4 is 5.73 Å². The summed E-state index contributed by atoms with van der Waals surface area (Å²) in [7, 11) is 1.98. The summed E-state index contributed by atoms with van der Waals surface area (Å²) >= 11 is 3.27. The SMILES string of the molecule is CC(CN)N(C)Cc1cc(F)cc(Br)c1. The minimum atomic E-state index is -0.215. The van der Waals surface area contributed by atoms with Crippen molar-refractivity contribution in [1.29, 1.82) is 0 Å². The Balaban J connectivity index is 2.72. The van der Waals surface area contributed by atoms with Gasteiger partial charge in [-0.3, -0.25) is 4.90 Å². The van der Waals surface area contributed by atoms with Crippen LogP contribution in [0.15, 0.2) is 22.7 Å². The second-order valence-corrected chi connectivity index (χ2v) is 4.69. The molecule has 15 heavy (non-hydrogen) atoms. The number of nitrogens with two attached hydrogens (primary N) is 1. The lowest BCUT2D eigenvalue weighted by molar-refractivity contribution is 0.254. The van der Waals surface area contributed by atoms with Crippen molar-refractivity contribution in [3.63, 3.8) is 0 Å². The summed E-state index contributed by atoms with van der Waals surface area (Å²) in [4.78, 5) is 2.10. The highest BCUT2D eigenvalue weighted by Gasteiger charge is 2.08. The maximum Gasteiger partial charge on any atom is 0.124 e. The average Bonchev–Trinajstić information content (AvgIpc) is 2.14. The van der Waals surface area contributed by atoms with Crippen molar-refractivity contribution >= 4 is 15.9 Å². The molecular weight excluding hydrogens is 259 g/mol. The number of benzene rings is 1. The van der Waals surface area contributed by atoms with E-state index in [2.05, 4.69) is 20.8 Å². The normalized spacial score (nSPS) is 13.2. The summed E-state index contributed by atoms with van der Waals surface area (Å²) in [6, 6.07) is 5.22. The highest BCUT2D eigenvalue weighted by molar-refractivity contribution is 9.10. The molecule has 1 atom stereocenters. The summed E-state index contributed by atoms with van der Waals surface area (Å²) in [5.74, 6) is -0.215. The number of hydrogen-bond donors (Lipinski definition) is 1. The average molecular weight is 275 g/mol. The van der Waals surface area contributed by atoms with Gasteiger partial charge in [-0.1, -0.05) is 15.9 Å². The van der Waals surface area contributed by atoms with Crippen molar-refractivity contribution in [2.24, 2.45) is 5.73 Å². The van der Waals surface area contributed by atoms with E-state index in [0.717, 1.165) is 10.0 Å². The van der Waals surface area contributed by atoms with E-state index in [9.17, 15) is 4.39 Å². The van der Waals surface area contributed by atoms with Crippen molar-refractivity contribution in [2.75, 3.05) is 13.6 Å². The highest BCUT2D eigenvalue weighted by atomic mass is 79.9. The van der Waals surface area contributed by atoms with Gasteiger partial charge in [0.05, 0.1) is 0 Å². The number of rotatable bonds is 4. The minimum absolute atomic E-state index is 0.215. The molecule has 0 saturated heterocycles.